The highest BCUT2D eigenvalue weighted by Gasteiger charge is 2.29. The first kappa shape index (κ1) is 14.7. The van der Waals surface area contributed by atoms with E-state index in [0.717, 1.165) is 22.8 Å². The molecule has 2 rings (SSSR count). The summed E-state index contributed by atoms with van der Waals surface area (Å²) in [6.45, 7) is 5.86. The highest BCUT2D eigenvalue weighted by molar-refractivity contribution is 7.09. The lowest BCUT2D eigenvalue weighted by molar-refractivity contribution is -0.137. The molecule has 5 heteroatoms. The van der Waals surface area contributed by atoms with Crippen LogP contribution < -0.4 is 0 Å². The van der Waals surface area contributed by atoms with E-state index in [0.29, 0.717) is 5.56 Å². The summed E-state index contributed by atoms with van der Waals surface area (Å²) in [5.74, 6) is 0. The van der Waals surface area contributed by atoms with Crippen LogP contribution >= 0.6 is 11.3 Å². The maximum absolute atomic E-state index is 12.3. The Morgan fingerprint density at radius 2 is 1.61 bits per heavy atom. The van der Waals surface area contributed by atoms with Crippen LogP contribution in [0, 0.1) is 6.92 Å². The Balaban J connectivity index is 0.000000771. The molecule has 0 saturated heterocycles. The highest BCUT2D eigenvalue weighted by Crippen LogP contribution is 2.31. The number of nitrogens with zero attached hydrogens (tertiary/aromatic N) is 1. The lowest BCUT2D eigenvalue weighted by Gasteiger charge is -2.06. The predicted octanol–water partition coefficient (Wildman–Crippen LogP) is 5.16. The van der Waals surface area contributed by atoms with Gasteiger partial charge in [0.2, 0.25) is 0 Å². The van der Waals surface area contributed by atoms with Crippen LogP contribution in [0.4, 0.5) is 13.2 Å². The molecule has 1 aromatic heterocycles. The molecular formula is C13H14F3NS. The van der Waals surface area contributed by atoms with Crippen molar-refractivity contribution in [3.63, 3.8) is 0 Å². The van der Waals surface area contributed by atoms with Gasteiger partial charge in [-0.3, -0.25) is 0 Å². The van der Waals surface area contributed by atoms with E-state index < -0.39 is 11.7 Å². The van der Waals surface area contributed by atoms with Gasteiger partial charge in [-0.15, -0.1) is 11.3 Å². The molecule has 0 spiro atoms. The van der Waals surface area contributed by atoms with Crippen LogP contribution in [-0.2, 0) is 6.18 Å². The van der Waals surface area contributed by atoms with Gasteiger partial charge in [0, 0.05) is 10.9 Å². The lowest BCUT2D eigenvalue weighted by atomic mass is 10.1. The molecule has 0 atom stereocenters. The van der Waals surface area contributed by atoms with Crippen LogP contribution in [0.2, 0.25) is 0 Å². The summed E-state index contributed by atoms with van der Waals surface area (Å²) < 4.78 is 36.9. The van der Waals surface area contributed by atoms with E-state index in [4.69, 9.17) is 0 Å². The van der Waals surface area contributed by atoms with Crippen molar-refractivity contribution in [1.29, 1.82) is 0 Å². The van der Waals surface area contributed by atoms with Gasteiger partial charge in [-0.05, 0) is 19.1 Å². The fourth-order valence-electron chi connectivity index (χ4n) is 1.33. The first-order valence-electron chi connectivity index (χ1n) is 5.56. The first-order valence-corrected chi connectivity index (χ1v) is 6.44. The van der Waals surface area contributed by atoms with Gasteiger partial charge in [-0.25, -0.2) is 4.98 Å². The quantitative estimate of drug-likeness (QED) is 0.699. The van der Waals surface area contributed by atoms with Crippen LogP contribution in [0.1, 0.15) is 24.4 Å². The zero-order valence-electron chi connectivity index (χ0n) is 10.4. The number of benzene rings is 1. The maximum atomic E-state index is 12.3. The minimum atomic E-state index is -4.28. The number of hydrogen-bond acceptors (Lipinski definition) is 2. The van der Waals surface area contributed by atoms with Crippen LogP contribution in [0.5, 0.6) is 0 Å². The van der Waals surface area contributed by atoms with E-state index in [2.05, 4.69) is 4.98 Å². The summed E-state index contributed by atoms with van der Waals surface area (Å²) in [6, 6.07) is 5.03. The third-order valence-corrected chi connectivity index (χ3v) is 2.90. The molecule has 0 unspecified atom stereocenters. The molecule has 0 aliphatic rings. The average molecular weight is 273 g/mol. The van der Waals surface area contributed by atoms with Gasteiger partial charge in [-0.1, -0.05) is 26.0 Å². The van der Waals surface area contributed by atoms with Crippen molar-refractivity contribution < 1.29 is 13.2 Å². The molecule has 1 nitrogen and oxygen atoms in total. The molecule has 0 aliphatic heterocycles. The molecule has 2 aromatic rings. The lowest BCUT2D eigenvalue weighted by Crippen LogP contribution is -2.03. The van der Waals surface area contributed by atoms with Crippen LogP contribution in [0.15, 0.2) is 29.6 Å². The van der Waals surface area contributed by atoms with Crippen LogP contribution in [-0.4, -0.2) is 4.98 Å². The van der Waals surface area contributed by atoms with Gasteiger partial charge in [0.15, 0.2) is 0 Å². The summed E-state index contributed by atoms with van der Waals surface area (Å²) in [5, 5.41) is 2.73. The van der Waals surface area contributed by atoms with Gasteiger partial charge < -0.3 is 0 Å². The number of thiazole rings is 1. The summed E-state index contributed by atoms with van der Waals surface area (Å²) in [5.41, 5.74) is 0.789. The molecule has 18 heavy (non-hydrogen) atoms. The average Bonchev–Trinajstić information content (AvgIpc) is 2.78. The predicted molar refractivity (Wildman–Crippen MR) is 68.6 cm³/mol. The minimum absolute atomic E-state index is 0.636. The fourth-order valence-corrected chi connectivity index (χ4v) is 1.95. The minimum Gasteiger partial charge on any atom is -0.242 e. The van der Waals surface area contributed by atoms with Crippen LogP contribution in [0.3, 0.4) is 0 Å². The topological polar surface area (TPSA) is 12.9 Å². The van der Waals surface area contributed by atoms with Gasteiger partial charge in [0.1, 0.15) is 0 Å². The molecule has 1 aromatic carbocycles. The van der Waals surface area contributed by atoms with E-state index in [1.807, 2.05) is 26.2 Å². The number of rotatable bonds is 1. The number of alkyl halides is 3. The third kappa shape index (κ3) is 3.57. The number of halogens is 3. The van der Waals surface area contributed by atoms with Gasteiger partial charge in [0.05, 0.1) is 16.3 Å². The molecule has 0 bridgehead atoms. The zero-order chi connectivity index (χ0) is 13.8. The molecular weight excluding hydrogens is 259 g/mol. The highest BCUT2D eigenvalue weighted by atomic mass is 32.1. The second-order valence-corrected chi connectivity index (χ2v) is 4.39. The normalized spacial score (nSPS) is 10.8. The second kappa shape index (κ2) is 6.00. The van der Waals surface area contributed by atoms with E-state index in [1.165, 1.54) is 23.5 Å². The summed E-state index contributed by atoms with van der Waals surface area (Å²) in [4.78, 5) is 4.21. The van der Waals surface area contributed by atoms with Gasteiger partial charge >= 0.3 is 6.18 Å². The summed E-state index contributed by atoms with van der Waals surface area (Å²) in [6.07, 6.45) is -4.28. The second-order valence-electron chi connectivity index (χ2n) is 3.33. The van der Waals surface area contributed by atoms with Crippen molar-refractivity contribution in [2.45, 2.75) is 26.9 Å². The molecule has 98 valence electrons. The van der Waals surface area contributed by atoms with Crippen molar-refractivity contribution in [2.75, 3.05) is 0 Å². The number of hydrogen-bond donors (Lipinski definition) is 0. The molecule has 0 fully saturated rings. The van der Waals surface area contributed by atoms with Crippen molar-refractivity contribution in [3.8, 4) is 11.3 Å². The van der Waals surface area contributed by atoms with E-state index in [1.54, 1.807) is 0 Å². The Bertz CT molecular complexity index is 486. The third-order valence-electron chi connectivity index (χ3n) is 2.13. The summed E-state index contributed by atoms with van der Waals surface area (Å²) in [7, 11) is 0. The molecule has 0 aliphatic carbocycles. The van der Waals surface area contributed by atoms with E-state index in [-0.39, 0.29) is 0 Å². The van der Waals surface area contributed by atoms with Gasteiger partial charge in [0.25, 0.3) is 0 Å². The van der Waals surface area contributed by atoms with Crippen molar-refractivity contribution in [3.05, 3.63) is 40.2 Å². The standard InChI is InChI=1S/C11H8F3NS.C2H6/c1-7-15-10(6-16-7)8-2-4-9(5-3-8)11(12,13)14;1-2/h2-6H,1H3;1-2H3. The Morgan fingerprint density at radius 3 is 2.00 bits per heavy atom. The van der Waals surface area contributed by atoms with E-state index >= 15 is 0 Å². The van der Waals surface area contributed by atoms with Crippen molar-refractivity contribution >= 4 is 11.3 Å². The molecule has 0 saturated carbocycles. The monoisotopic (exact) mass is 273 g/mol. The smallest absolute Gasteiger partial charge is 0.242 e. The molecule has 0 amide bonds. The molecule has 0 N–H and O–H groups in total. The zero-order valence-corrected chi connectivity index (χ0v) is 11.2. The van der Waals surface area contributed by atoms with Gasteiger partial charge in [-0.2, -0.15) is 13.2 Å². The molecule has 1 heterocycles. The number of aromatic nitrogens is 1. The molecule has 0 radical (unpaired) electrons. The van der Waals surface area contributed by atoms with Crippen molar-refractivity contribution in [1.82, 2.24) is 4.98 Å². The fraction of sp³-hybridized carbons (Fsp3) is 0.308. The van der Waals surface area contributed by atoms with E-state index in [9.17, 15) is 13.2 Å². The van der Waals surface area contributed by atoms with Crippen LogP contribution in [0.25, 0.3) is 11.3 Å². The Hall–Kier alpha value is -1.36. The largest absolute Gasteiger partial charge is 0.416 e. The summed E-state index contributed by atoms with van der Waals surface area (Å²) >= 11 is 1.48. The Kier molecular flexibility index (Phi) is 4.90. The van der Waals surface area contributed by atoms with Crippen molar-refractivity contribution in [2.24, 2.45) is 0 Å². The number of aryl methyl sites for hydroxylation is 1. The SMILES string of the molecule is CC.Cc1nc(-c2ccc(C(F)(F)F)cc2)cs1. The Labute approximate surface area is 108 Å². The maximum Gasteiger partial charge on any atom is 0.416 e. The Morgan fingerprint density at radius 1 is 1.06 bits per heavy atom. The first-order chi connectivity index (χ1) is 8.47.